The minimum Gasteiger partial charge on any atom is -0.294 e. The second kappa shape index (κ2) is 6.24. The molecular formula is C12H11ClFNO. The Morgan fingerprint density at radius 1 is 1.44 bits per heavy atom. The van der Waals surface area contributed by atoms with E-state index in [2.05, 4.69) is 0 Å². The molecular weight excluding hydrogens is 229 g/mol. The highest BCUT2D eigenvalue weighted by Gasteiger charge is 2.14. The molecule has 4 heteroatoms. The van der Waals surface area contributed by atoms with Crippen molar-refractivity contribution in [3.05, 3.63) is 35.1 Å². The topological polar surface area (TPSA) is 40.9 Å². The molecule has 0 bridgehead atoms. The number of halogens is 2. The van der Waals surface area contributed by atoms with Crippen molar-refractivity contribution in [3.8, 4) is 6.07 Å². The predicted molar refractivity (Wildman–Crippen MR) is 60.0 cm³/mol. The van der Waals surface area contributed by atoms with E-state index in [0.29, 0.717) is 18.7 Å². The summed E-state index contributed by atoms with van der Waals surface area (Å²) >= 11 is 5.49. The van der Waals surface area contributed by atoms with Gasteiger partial charge in [0.1, 0.15) is 11.9 Å². The lowest BCUT2D eigenvalue weighted by Gasteiger charge is -2.03. The van der Waals surface area contributed by atoms with E-state index in [4.69, 9.17) is 16.9 Å². The average molecular weight is 240 g/mol. The first-order chi connectivity index (χ1) is 7.70. The van der Waals surface area contributed by atoms with Gasteiger partial charge in [-0.2, -0.15) is 5.26 Å². The van der Waals surface area contributed by atoms with Gasteiger partial charge in [0.15, 0.2) is 5.78 Å². The van der Waals surface area contributed by atoms with Crippen LogP contribution < -0.4 is 0 Å². The third-order valence-electron chi connectivity index (χ3n) is 2.21. The molecule has 0 radical (unpaired) electrons. The van der Waals surface area contributed by atoms with Crippen LogP contribution in [0, 0.1) is 17.1 Å². The summed E-state index contributed by atoms with van der Waals surface area (Å²) in [5.74, 6) is -0.353. The van der Waals surface area contributed by atoms with Crippen molar-refractivity contribution in [1.82, 2.24) is 0 Å². The summed E-state index contributed by atoms with van der Waals surface area (Å²) in [7, 11) is 0. The number of nitriles is 1. The zero-order chi connectivity index (χ0) is 12.0. The zero-order valence-electron chi connectivity index (χ0n) is 8.67. The molecule has 0 spiro atoms. The summed E-state index contributed by atoms with van der Waals surface area (Å²) < 4.78 is 13.2. The van der Waals surface area contributed by atoms with Gasteiger partial charge < -0.3 is 0 Å². The summed E-state index contributed by atoms with van der Waals surface area (Å²) in [6.45, 7) is 0. The first kappa shape index (κ1) is 12.7. The highest BCUT2D eigenvalue weighted by Crippen LogP contribution is 2.15. The number of alkyl halides is 1. The second-order valence-corrected chi connectivity index (χ2v) is 3.72. The number of ketones is 1. The third kappa shape index (κ3) is 3.04. The van der Waals surface area contributed by atoms with Crippen molar-refractivity contribution < 1.29 is 9.18 Å². The van der Waals surface area contributed by atoms with Gasteiger partial charge in [0.2, 0.25) is 0 Å². The molecule has 0 heterocycles. The van der Waals surface area contributed by atoms with E-state index >= 15 is 0 Å². The molecule has 0 unspecified atom stereocenters. The molecule has 84 valence electrons. The number of hydrogen-bond acceptors (Lipinski definition) is 2. The van der Waals surface area contributed by atoms with Gasteiger partial charge in [-0.15, -0.1) is 11.6 Å². The van der Waals surface area contributed by atoms with Gasteiger partial charge in [-0.1, -0.05) is 6.07 Å². The van der Waals surface area contributed by atoms with Crippen molar-refractivity contribution >= 4 is 17.4 Å². The van der Waals surface area contributed by atoms with E-state index < -0.39 is 5.82 Å². The number of nitrogens with zero attached hydrogens (tertiary/aromatic N) is 1. The van der Waals surface area contributed by atoms with Crippen LogP contribution in [0.15, 0.2) is 18.2 Å². The van der Waals surface area contributed by atoms with E-state index in [1.807, 2.05) is 0 Å². The number of benzene rings is 1. The number of carbonyl (C=O) groups is 1. The van der Waals surface area contributed by atoms with Gasteiger partial charge in [-0.25, -0.2) is 4.39 Å². The van der Waals surface area contributed by atoms with Gasteiger partial charge in [0.25, 0.3) is 0 Å². The normalized spacial score (nSPS) is 9.81. The maximum absolute atomic E-state index is 13.2. The van der Waals surface area contributed by atoms with Gasteiger partial charge in [0, 0.05) is 17.9 Å². The van der Waals surface area contributed by atoms with E-state index in [9.17, 15) is 9.18 Å². The van der Waals surface area contributed by atoms with Crippen LogP contribution in [0.1, 0.15) is 35.2 Å². The van der Waals surface area contributed by atoms with Crippen LogP contribution in [-0.4, -0.2) is 11.7 Å². The zero-order valence-corrected chi connectivity index (χ0v) is 9.43. The first-order valence-electron chi connectivity index (χ1n) is 4.98. The molecule has 0 N–H and O–H groups in total. The summed E-state index contributed by atoms with van der Waals surface area (Å²) in [6, 6.07) is 5.80. The van der Waals surface area contributed by atoms with Gasteiger partial charge in [-0.3, -0.25) is 4.79 Å². The highest BCUT2D eigenvalue weighted by atomic mass is 35.5. The molecule has 0 atom stereocenters. The van der Waals surface area contributed by atoms with E-state index in [-0.39, 0.29) is 16.9 Å². The Balaban J connectivity index is 2.84. The maximum atomic E-state index is 13.2. The van der Waals surface area contributed by atoms with Gasteiger partial charge in [0.05, 0.1) is 5.56 Å². The predicted octanol–water partition coefficient (Wildman–Crippen LogP) is 3.29. The Hall–Kier alpha value is -1.40. The van der Waals surface area contributed by atoms with E-state index in [1.54, 1.807) is 6.07 Å². The molecule has 0 saturated heterocycles. The third-order valence-corrected chi connectivity index (χ3v) is 2.48. The molecule has 16 heavy (non-hydrogen) atoms. The van der Waals surface area contributed by atoms with Crippen LogP contribution in [0.3, 0.4) is 0 Å². The Morgan fingerprint density at radius 2 is 2.19 bits per heavy atom. The molecule has 2 nitrogen and oxygen atoms in total. The monoisotopic (exact) mass is 239 g/mol. The number of unbranched alkanes of at least 4 members (excludes halogenated alkanes) is 1. The van der Waals surface area contributed by atoms with E-state index in [0.717, 1.165) is 6.42 Å². The lowest BCUT2D eigenvalue weighted by atomic mass is 10.0. The lowest BCUT2D eigenvalue weighted by Crippen LogP contribution is -2.04. The number of hydrogen-bond donors (Lipinski definition) is 0. The van der Waals surface area contributed by atoms with Crippen molar-refractivity contribution in [1.29, 1.82) is 5.26 Å². The molecule has 0 aliphatic carbocycles. The highest BCUT2D eigenvalue weighted by molar-refractivity contribution is 6.17. The molecule has 1 aromatic carbocycles. The van der Waals surface area contributed by atoms with Crippen LogP contribution in [0.2, 0.25) is 0 Å². The average Bonchev–Trinajstić information content (AvgIpc) is 2.29. The number of carbonyl (C=O) groups excluding carboxylic acids is 1. The molecule has 0 aliphatic heterocycles. The minimum absolute atomic E-state index is 0.164. The molecule has 0 aromatic heterocycles. The SMILES string of the molecule is N#Cc1c(F)cccc1C(=O)CCCCCl. The minimum atomic E-state index is -0.648. The van der Waals surface area contributed by atoms with E-state index in [1.165, 1.54) is 18.2 Å². The molecule has 1 rings (SSSR count). The summed E-state index contributed by atoms with van der Waals surface area (Å²) in [5.41, 5.74) is -0.00422. The fraction of sp³-hybridized carbons (Fsp3) is 0.333. The Kier molecular flexibility index (Phi) is 4.94. The first-order valence-corrected chi connectivity index (χ1v) is 5.52. The van der Waals surface area contributed by atoms with Crippen LogP contribution in [0.5, 0.6) is 0 Å². The van der Waals surface area contributed by atoms with Crippen molar-refractivity contribution in [2.75, 3.05) is 5.88 Å². The van der Waals surface area contributed by atoms with Crippen LogP contribution >= 0.6 is 11.6 Å². The van der Waals surface area contributed by atoms with Crippen LogP contribution in [0.4, 0.5) is 4.39 Å². The Morgan fingerprint density at radius 3 is 2.81 bits per heavy atom. The Labute approximate surface area is 98.6 Å². The number of Topliss-reactive ketones (excluding diaryl/α,β-unsaturated/α-hetero) is 1. The lowest BCUT2D eigenvalue weighted by molar-refractivity contribution is 0.0979. The largest absolute Gasteiger partial charge is 0.294 e. The molecule has 0 amide bonds. The second-order valence-electron chi connectivity index (χ2n) is 3.34. The summed E-state index contributed by atoms with van der Waals surface area (Å²) in [4.78, 5) is 11.7. The quantitative estimate of drug-likeness (QED) is 0.449. The molecule has 1 aromatic rings. The molecule has 0 fully saturated rings. The van der Waals surface area contributed by atoms with Crippen molar-refractivity contribution in [2.45, 2.75) is 19.3 Å². The summed E-state index contributed by atoms with van der Waals surface area (Å²) in [6.07, 6.45) is 1.69. The molecule has 0 aliphatic rings. The number of rotatable bonds is 5. The van der Waals surface area contributed by atoms with Crippen molar-refractivity contribution in [3.63, 3.8) is 0 Å². The van der Waals surface area contributed by atoms with Gasteiger partial charge in [-0.05, 0) is 25.0 Å². The summed E-state index contributed by atoms with van der Waals surface area (Å²) in [5, 5.41) is 8.76. The van der Waals surface area contributed by atoms with Crippen molar-refractivity contribution in [2.24, 2.45) is 0 Å². The maximum Gasteiger partial charge on any atom is 0.164 e. The fourth-order valence-electron chi connectivity index (χ4n) is 1.38. The van der Waals surface area contributed by atoms with Gasteiger partial charge >= 0.3 is 0 Å². The smallest absolute Gasteiger partial charge is 0.164 e. The van der Waals surface area contributed by atoms with Crippen LogP contribution in [0.25, 0.3) is 0 Å². The Bertz CT molecular complexity index is 426. The fourth-order valence-corrected chi connectivity index (χ4v) is 1.57. The molecule has 0 saturated carbocycles. The standard InChI is InChI=1S/C12H11ClFNO/c13-7-2-1-6-12(16)9-4-3-5-11(14)10(9)8-15/h3-5H,1-2,6-7H2. The van der Waals surface area contributed by atoms with Crippen LogP contribution in [-0.2, 0) is 0 Å².